The number of nitrogens with one attached hydrogen (secondary N) is 1. The Hall–Kier alpha value is -2.58. The first-order chi connectivity index (χ1) is 20.5. The molecular weight excluding hydrogens is 573 g/mol. The summed E-state index contributed by atoms with van der Waals surface area (Å²) in [6, 6.07) is 6.92. The van der Waals surface area contributed by atoms with Gasteiger partial charge in [0.05, 0.1) is 10.0 Å². The normalized spacial score (nSPS) is 12.4. The highest BCUT2D eigenvalue weighted by molar-refractivity contribution is 6.42. The quantitative estimate of drug-likeness (QED) is 0.0522. The molecule has 3 aromatic rings. The number of aromatic amines is 1. The molecule has 0 saturated carbocycles. The maximum Gasteiger partial charge on any atom is 0.307 e. The van der Waals surface area contributed by atoms with Crippen molar-refractivity contribution in [3.05, 3.63) is 34.3 Å². The van der Waals surface area contributed by atoms with Crippen LogP contribution in [0.4, 0.5) is 0 Å². The molecule has 0 spiro atoms. The molecule has 0 aliphatic carbocycles. The Kier molecular flexibility index (Phi) is 15.8. The van der Waals surface area contributed by atoms with Crippen molar-refractivity contribution in [3.8, 4) is 17.3 Å². The SMILES string of the molecule is CCCCCCCCCCCCCCCCCCC(=O)OC(C)/N=C/Oc1cc2nnc(-c3ccc(Cl)c(Cl)c3)n2[nH]1. The lowest BCUT2D eigenvalue weighted by Gasteiger charge is -2.08. The van der Waals surface area contributed by atoms with Crippen molar-refractivity contribution in [2.24, 2.45) is 4.99 Å². The predicted molar refractivity (Wildman–Crippen MR) is 172 cm³/mol. The van der Waals surface area contributed by atoms with Crippen LogP contribution in [0.5, 0.6) is 5.88 Å². The second-order valence-electron chi connectivity index (χ2n) is 11.0. The third-order valence-corrected chi connectivity index (χ3v) is 8.07. The van der Waals surface area contributed by atoms with Crippen molar-refractivity contribution in [1.82, 2.24) is 19.8 Å². The summed E-state index contributed by atoms with van der Waals surface area (Å²) in [5, 5.41) is 12.3. The molecule has 232 valence electrons. The summed E-state index contributed by atoms with van der Waals surface area (Å²) in [5.41, 5.74) is 1.32. The Morgan fingerprint density at radius 2 is 1.48 bits per heavy atom. The number of aromatic nitrogens is 4. The predicted octanol–water partition coefficient (Wildman–Crippen LogP) is 9.98. The summed E-state index contributed by atoms with van der Waals surface area (Å²) in [5.74, 6) is 0.740. The van der Waals surface area contributed by atoms with Gasteiger partial charge in [-0.1, -0.05) is 126 Å². The van der Waals surface area contributed by atoms with Crippen LogP contribution in [-0.4, -0.2) is 38.4 Å². The molecule has 0 saturated heterocycles. The molecule has 1 atom stereocenters. The number of halogens is 2. The molecule has 2 aromatic heterocycles. The molecule has 2 heterocycles. The van der Waals surface area contributed by atoms with Gasteiger partial charge in [0, 0.05) is 18.1 Å². The smallest absolute Gasteiger partial charge is 0.307 e. The van der Waals surface area contributed by atoms with Gasteiger partial charge in [0.1, 0.15) is 0 Å². The fourth-order valence-electron chi connectivity index (χ4n) is 4.91. The highest BCUT2D eigenvalue weighted by Crippen LogP contribution is 2.28. The Balaban J connectivity index is 1.20. The Bertz CT molecular complexity index is 1230. The third kappa shape index (κ3) is 12.3. The highest BCUT2D eigenvalue weighted by Gasteiger charge is 2.13. The minimum Gasteiger partial charge on any atom is -0.440 e. The first kappa shape index (κ1) is 33.9. The lowest BCUT2D eigenvalue weighted by Crippen LogP contribution is -2.13. The maximum absolute atomic E-state index is 12.2. The molecule has 0 aliphatic rings. The van der Waals surface area contributed by atoms with E-state index in [0.717, 1.165) is 18.4 Å². The number of nitrogens with zero attached hydrogens (tertiary/aromatic N) is 4. The Morgan fingerprint density at radius 1 is 0.881 bits per heavy atom. The van der Waals surface area contributed by atoms with Gasteiger partial charge in [-0.25, -0.2) is 9.51 Å². The van der Waals surface area contributed by atoms with Crippen LogP contribution in [-0.2, 0) is 9.53 Å². The van der Waals surface area contributed by atoms with Crippen molar-refractivity contribution in [2.75, 3.05) is 0 Å². The molecule has 0 amide bonds. The topological polar surface area (TPSA) is 93.9 Å². The number of carbonyl (C=O) groups is 1. The number of hydrogen-bond donors (Lipinski definition) is 1. The van der Waals surface area contributed by atoms with Gasteiger partial charge < -0.3 is 9.47 Å². The molecule has 0 aliphatic heterocycles. The van der Waals surface area contributed by atoms with Gasteiger partial charge in [0.15, 0.2) is 24.1 Å². The van der Waals surface area contributed by atoms with Crippen LogP contribution in [0.2, 0.25) is 10.0 Å². The molecule has 42 heavy (non-hydrogen) atoms. The summed E-state index contributed by atoms with van der Waals surface area (Å²) < 4.78 is 12.6. The first-order valence-electron chi connectivity index (χ1n) is 15.7. The van der Waals surface area contributed by atoms with Crippen molar-refractivity contribution in [2.45, 2.75) is 129 Å². The monoisotopic (exact) mass is 619 g/mol. The van der Waals surface area contributed by atoms with Crippen LogP contribution >= 0.6 is 23.2 Å². The van der Waals surface area contributed by atoms with Gasteiger partial charge in [-0.05, 0) is 31.5 Å². The number of H-pyrrole nitrogens is 1. The Labute approximate surface area is 260 Å². The van der Waals surface area contributed by atoms with Gasteiger partial charge in [-0.15, -0.1) is 10.2 Å². The molecule has 10 heteroatoms. The molecule has 0 fully saturated rings. The summed E-state index contributed by atoms with van der Waals surface area (Å²) in [4.78, 5) is 16.3. The van der Waals surface area contributed by atoms with E-state index in [1.165, 1.54) is 96.3 Å². The number of aliphatic imine (C=N–C) groups is 1. The zero-order valence-corrected chi connectivity index (χ0v) is 26.8. The molecule has 0 radical (unpaired) electrons. The van der Waals surface area contributed by atoms with Crippen molar-refractivity contribution in [3.63, 3.8) is 0 Å². The van der Waals surface area contributed by atoms with Crippen LogP contribution in [0.3, 0.4) is 0 Å². The van der Waals surface area contributed by atoms with Crippen LogP contribution in [0, 0.1) is 0 Å². The second kappa shape index (κ2) is 19.6. The number of esters is 1. The van der Waals surface area contributed by atoms with Crippen molar-refractivity contribution >= 4 is 41.2 Å². The number of benzene rings is 1. The van der Waals surface area contributed by atoms with Crippen LogP contribution in [0.25, 0.3) is 17.0 Å². The first-order valence-corrected chi connectivity index (χ1v) is 16.5. The van der Waals surface area contributed by atoms with E-state index in [0.29, 0.717) is 33.8 Å². The lowest BCUT2D eigenvalue weighted by atomic mass is 10.0. The molecule has 1 N–H and O–H groups in total. The molecule has 8 nitrogen and oxygen atoms in total. The molecular formula is C32H47Cl2N5O3. The minimum atomic E-state index is -0.633. The van der Waals surface area contributed by atoms with E-state index in [1.54, 1.807) is 29.6 Å². The summed E-state index contributed by atoms with van der Waals surface area (Å²) in [6.07, 6.45) is 21.9. The van der Waals surface area contributed by atoms with Gasteiger partial charge in [0.25, 0.3) is 0 Å². The van der Waals surface area contributed by atoms with Crippen molar-refractivity contribution < 1.29 is 14.3 Å². The van der Waals surface area contributed by atoms with Crippen LogP contribution in [0.15, 0.2) is 29.3 Å². The standard InChI is InChI=1S/C32H47Cl2N5O3/c1-3-4-5-6-7-8-9-10-11-12-13-14-15-16-17-18-19-31(40)42-25(2)35-24-41-30-23-29-36-37-32(39(29)38-30)26-20-21-27(33)28(34)22-26/h20-25,38H,3-19H2,1-2H3/b35-24+. The van der Waals surface area contributed by atoms with Gasteiger partial charge in [-0.3, -0.25) is 9.89 Å². The van der Waals surface area contributed by atoms with Gasteiger partial charge >= 0.3 is 5.97 Å². The van der Waals surface area contributed by atoms with E-state index in [1.807, 2.05) is 6.07 Å². The number of fused-ring (bicyclic) bond motifs is 1. The largest absolute Gasteiger partial charge is 0.440 e. The number of rotatable bonds is 22. The lowest BCUT2D eigenvalue weighted by molar-refractivity contribution is -0.147. The summed E-state index contributed by atoms with van der Waals surface area (Å²) in [7, 11) is 0. The van der Waals surface area contributed by atoms with E-state index in [2.05, 4.69) is 27.2 Å². The number of ether oxygens (including phenoxy) is 2. The molecule has 1 unspecified atom stereocenters. The number of hydrogen-bond acceptors (Lipinski definition) is 6. The van der Waals surface area contributed by atoms with Crippen LogP contribution < -0.4 is 4.74 Å². The van der Waals surface area contributed by atoms with E-state index < -0.39 is 6.23 Å². The molecule has 1 aromatic carbocycles. The summed E-state index contributed by atoms with van der Waals surface area (Å²) >= 11 is 12.1. The van der Waals surface area contributed by atoms with Crippen LogP contribution in [0.1, 0.15) is 123 Å². The van der Waals surface area contributed by atoms with Gasteiger partial charge in [-0.2, -0.15) is 0 Å². The van der Waals surface area contributed by atoms with Crippen molar-refractivity contribution in [1.29, 1.82) is 0 Å². The van der Waals surface area contributed by atoms with E-state index in [4.69, 9.17) is 32.7 Å². The zero-order chi connectivity index (χ0) is 30.0. The molecule has 3 rings (SSSR count). The average Bonchev–Trinajstić information content (AvgIpc) is 3.55. The zero-order valence-electron chi connectivity index (χ0n) is 25.3. The maximum atomic E-state index is 12.2. The highest BCUT2D eigenvalue weighted by atomic mass is 35.5. The molecule has 0 bridgehead atoms. The van der Waals surface area contributed by atoms with Gasteiger partial charge in [0.2, 0.25) is 5.88 Å². The number of carbonyl (C=O) groups excluding carboxylic acids is 1. The fraction of sp³-hybridized carbons (Fsp3) is 0.625. The minimum absolute atomic E-state index is 0.235. The number of unbranched alkanes of at least 4 members (excludes halogenated alkanes) is 15. The second-order valence-corrected chi connectivity index (χ2v) is 11.8. The summed E-state index contributed by atoms with van der Waals surface area (Å²) in [6.45, 7) is 3.98. The van der Waals surface area contributed by atoms with E-state index >= 15 is 0 Å². The third-order valence-electron chi connectivity index (χ3n) is 7.33. The fourth-order valence-corrected chi connectivity index (χ4v) is 5.21. The average molecular weight is 621 g/mol. The van der Waals surface area contributed by atoms with E-state index in [-0.39, 0.29) is 5.97 Å². The van der Waals surface area contributed by atoms with E-state index in [9.17, 15) is 4.79 Å². The Morgan fingerprint density at radius 3 is 2.07 bits per heavy atom.